The number of nitrogens with zero attached hydrogens (tertiary/aromatic N) is 2. The molecule has 1 aromatic rings. The topological polar surface area (TPSA) is 35.0 Å². The van der Waals surface area contributed by atoms with Crippen LogP contribution in [0, 0.1) is 11.8 Å². The molecule has 0 aliphatic heterocycles. The number of methoxy groups -OCH3 is 1. The third kappa shape index (κ3) is 4.25. The smallest absolute Gasteiger partial charge is 0.159 e. The molecule has 0 amide bonds. The van der Waals surface area contributed by atoms with Crippen LogP contribution < -0.4 is 0 Å². The minimum absolute atomic E-state index is 0.0976. The van der Waals surface area contributed by atoms with Crippen LogP contribution in [-0.4, -0.2) is 17.1 Å². The zero-order chi connectivity index (χ0) is 13.0. The maximum absolute atomic E-state index is 6.03. The number of rotatable bonds is 5. The third-order valence-electron chi connectivity index (χ3n) is 2.50. The molecule has 0 aliphatic rings. The van der Waals surface area contributed by atoms with Gasteiger partial charge in [0.2, 0.25) is 0 Å². The Bertz CT molecular complexity index is 366. The Balaban J connectivity index is 3.03. The zero-order valence-corrected chi connectivity index (χ0v) is 12.0. The summed E-state index contributed by atoms with van der Waals surface area (Å²) in [6.45, 7) is 8.49. The van der Waals surface area contributed by atoms with Crippen molar-refractivity contribution in [2.75, 3.05) is 7.11 Å². The maximum Gasteiger partial charge on any atom is 0.159 e. The summed E-state index contributed by atoms with van der Waals surface area (Å²) >= 11 is 6.03. The molecule has 17 heavy (non-hydrogen) atoms. The van der Waals surface area contributed by atoms with Gasteiger partial charge in [-0.2, -0.15) is 0 Å². The van der Waals surface area contributed by atoms with Gasteiger partial charge in [-0.15, -0.1) is 0 Å². The monoisotopic (exact) mass is 256 g/mol. The van der Waals surface area contributed by atoms with Gasteiger partial charge in [-0.25, -0.2) is 9.97 Å². The average Bonchev–Trinajstić information content (AvgIpc) is 2.15. The number of hydrogen-bond donors (Lipinski definition) is 0. The van der Waals surface area contributed by atoms with Crippen molar-refractivity contribution in [3.8, 4) is 0 Å². The Morgan fingerprint density at radius 3 is 2.35 bits per heavy atom. The summed E-state index contributed by atoms with van der Waals surface area (Å²) in [5.41, 5.74) is 0.984. The van der Waals surface area contributed by atoms with E-state index in [2.05, 4.69) is 37.7 Å². The average molecular weight is 257 g/mol. The Morgan fingerprint density at radius 2 is 1.88 bits per heavy atom. The second-order valence-electron chi connectivity index (χ2n) is 5.04. The number of halogens is 1. The van der Waals surface area contributed by atoms with Crippen LogP contribution in [0.1, 0.15) is 45.3 Å². The summed E-state index contributed by atoms with van der Waals surface area (Å²) in [5.74, 6) is 1.56. The fourth-order valence-corrected chi connectivity index (χ4v) is 2.02. The predicted octanol–water partition coefficient (Wildman–Crippen LogP) is 3.67. The molecular formula is C13H21ClN2O. The summed E-state index contributed by atoms with van der Waals surface area (Å²) in [4.78, 5) is 8.81. The van der Waals surface area contributed by atoms with E-state index < -0.39 is 0 Å². The largest absolute Gasteiger partial charge is 0.373 e. The highest BCUT2D eigenvalue weighted by molar-refractivity contribution is 6.29. The minimum atomic E-state index is -0.0976. The van der Waals surface area contributed by atoms with Gasteiger partial charge in [0, 0.05) is 12.8 Å². The lowest BCUT2D eigenvalue weighted by Gasteiger charge is -2.18. The molecule has 3 nitrogen and oxygen atoms in total. The molecule has 4 heteroatoms. The first-order chi connectivity index (χ1) is 7.93. The second kappa shape index (κ2) is 6.31. The van der Waals surface area contributed by atoms with Crippen LogP contribution in [0.3, 0.4) is 0 Å². The first-order valence-electron chi connectivity index (χ1n) is 6.00. The van der Waals surface area contributed by atoms with Gasteiger partial charge in [0.25, 0.3) is 0 Å². The first-order valence-corrected chi connectivity index (χ1v) is 6.38. The van der Waals surface area contributed by atoms with Crippen molar-refractivity contribution in [1.82, 2.24) is 9.97 Å². The predicted molar refractivity (Wildman–Crippen MR) is 70.2 cm³/mol. The molecule has 0 fully saturated rings. The highest BCUT2D eigenvalue weighted by atomic mass is 35.5. The molecule has 0 spiro atoms. The van der Waals surface area contributed by atoms with Gasteiger partial charge in [-0.1, -0.05) is 39.3 Å². The molecule has 0 bridgehead atoms. The van der Waals surface area contributed by atoms with E-state index in [9.17, 15) is 0 Å². The summed E-state index contributed by atoms with van der Waals surface area (Å²) < 4.78 is 5.43. The molecule has 1 aromatic heterocycles. The molecule has 96 valence electrons. The van der Waals surface area contributed by atoms with Gasteiger partial charge in [0.1, 0.15) is 11.3 Å². The number of hydrogen-bond acceptors (Lipinski definition) is 3. The normalized spacial score (nSPS) is 13.4. The van der Waals surface area contributed by atoms with Gasteiger partial charge in [0.15, 0.2) is 5.82 Å². The van der Waals surface area contributed by atoms with Crippen LogP contribution in [0.4, 0.5) is 0 Å². The van der Waals surface area contributed by atoms with E-state index in [0.29, 0.717) is 22.8 Å². The van der Waals surface area contributed by atoms with Crippen molar-refractivity contribution >= 4 is 11.6 Å². The molecule has 0 N–H and O–H groups in total. The highest BCUT2D eigenvalue weighted by Gasteiger charge is 2.19. The Morgan fingerprint density at radius 1 is 1.24 bits per heavy atom. The number of aromatic nitrogens is 2. The van der Waals surface area contributed by atoms with Gasteiger partial charge in [-0.3, -0.25) is 0 Å². The lowest BCUT2D eigenvalue weighted by atomic mass is 10.1. The second-order valence-corrected chi connectivity index (χ2v) is 5.43. The lowest BCUT2D eigenvalue weighted by Crippen LogP contribution is -2.14. The van der Waals surface area contributed by atoms with E-state index in [1.165, 1.54) is 0 Å². The van der Waals surface area contributed by atoms with Crippen LogP contribution >= 0.6 is 11.6 Å². The Kier molecular flexibility index (Phi) is 5.34. The molecule has 1 unspecified atom stereocenters. The fraction of sp³-hybridized carbons (Fsp3) is 0.692. The summed E-state index contributed by atoms with van der Waals surface area (Å²) in [7, 11) is 1.68. The standard InChI is InChI=1S/C13H21ClN2O/c1-8(2)6-10-7-11(14)16-13(15-10)12(17-5)9(3)4/h7-9,12H,6H2,1-5H3. The van der Waals surface area contributed by atoms with Crippen molar-refractivity contribution in [1.29, 1.82) is 0 Å². The molecule has 0 aliphatic carbocycles. The molecule has 1 heterocycles. The van der Waals surface area contributed by atoms with E-state index in [1.807, 2.05) is 6.07 Å². The van der Waals surface area contributed by atoms with E-state index in [4.69, 9.17) is 16.3 Å². The number of ether oxygens (including phenoxy) is 1. The summed E-state index contributed by atoms with van der Waals surface area (Å²) in [6, 6.07) is 1.83. The fourth-order valence-electron chi connectivity index (χ4n) is 1.81. The molecule has 0 radical (unpaired) electrons. The van der Waals surface area contributed by atoms with Crippen LogP contribution in [0.25, 0.3) is 0 Å². The van der Waals surface area contributed by atoms with Crippen LogP contribution in [0.2, 0.25) is 5.15 Å². The van der Waals surface area contributed by atoms with Crippen LogP contribution in [0.15, 0.2) is 6.07 Å². The van der Waals surface area contributed by atoms with Crippen molar-refractivity contribution in [2.24, 2.45) is 11.8 Å². The Hall–Kier alpha value is -0.670. The molecule has 1 atom stereocenters. The molecule has 1 rings (SSSR count). The third-order valence-corrected chi connectivity index (χ3v) is 2.69. The van der Waals surface area contributed by atoms with E-state index in [0.717, 1.165) is 12.1 Å². The summed E-state index contributed by atoms with van der Waals surface area (Å²) in [6.07, 6.45) is 0.809. The molecule has 0 aromatic carbocycles. The van der Waals surface area contributed by atoms with Crippen molar-refractivity contribution in [3.05, 3.63) is 22.7 Å². The van der Waals surface area contributed by atoms with E-state index in [1.54, 1.807) is 7.11 Å². The first kappa shape index (κ1) is 14.4. The van der Waals surface area contributed by atoms with Crippen molar-refractivity contribution in [2.45, 2.75) is 40.2 Å². The van der Waals surface area contributed by atoms with E-state index >= 15 is 0 Å². The van der Waals surface area contributed by atoms with Gasteiger partial charge in [-0.05, 0) is 24.3 Å². The molecule has 0 saturated carbocycles. The SMILES string of the molecule is COC(c1nc(Cl)cc(CC(C)C)n1)C(C)C. The van der Waals surface area contributed by atoms with Crippen LogP contribution in [-0.2, 0) is 11.2 Å². The van der Waals surface area contributed by atoms with Gasteiger partial charge >= 0.3 is 0 Å². The van der Waals surface area contributed by atoms with Gasteiger partial charge < -0.3 is 4.74 Å². The molecular weight excluding hydrogens is 236 g/mol. The van der Waals surface area contributed by atoms with E-state index in [-0.39, 0.29) is 6.10 Å². The lowest BCUT2D eigenvalue weighted by molar-refractivity contribution is 0.0572. The highest BCUT2D eigenvalue weighted by Crippen LogP contribution is 2.24. The maximum atomic E-state index is 6.03. The molecule has 0 saturated heterocycles. The van der Waals surface area contributed by atoms with Crippen LogP contribution in [0.5, 0.6) is 0 Å². The summed E-state index contributed by atoms with van der Waals surface area (Å²) in [5, 5.41) is 0.494. The van der Waals surface area contributed by atoms with Gasteiger partial charge in [0.05, 0.1) is 0 Å². The quantitative estimate of drug-likeness (QED) is 0.754. The van der Waals surface area contributed by atoms with Crippen molar-refractivity contribution < 1.29 is 4.74 Å². The Labute approximate surface area is 109 Å². The van der Waals surface area contributed by atoms with Crippen molar-refractivity contribution in [3.63, 3.8) is 0 Å². The minimum Gasteiger partial charge on any atom is -0.373 e. The zero-order valence-electron chi connectivity index (χ0n) is 11.2.